The average molecular weight is 367 g/mol. The van der Waals surface area contributed by atoms with Crippen LogP contribution in [-0.2, 0) is 11.2 Å². The molecule has 0 atom stereocenters. The van der Waals surface area contributed by atoms with E-state index in [1.165, 1.54) is 5.56 Å². The minimum Gasteiger partial charge on any atom is -0.484 e. The number of nitrogens with one attached hydrogen (secondary N) is 1. The molecular formula is C20H21N3O2S. The van der Waals surface area contributed by atoms with E-state index >= 15 is 0 Å². The number of aromatic nitrogens is 2. The Hall–Kier alpha value is -2.73. The van der Waals surface area contributed by atoms with Gasteiger partial charge in [0.15, 0.2) is 6.61 Å². The quantitative estimate of drug-likeness (QED) is 0.693. The average Bonchev–Trinajstić information content (AvgIpc) is 3.12. The van der Waals surface area contributed by atoms with Crippen molar-refractivity contribution in [2.45, 2.75) is 20.3 Å². The molecule has 0 aliphatic heterocycles. The number of carbonyl (C=O) groups excluding carboxylic acids is 1. The van der Waals surface area contributed by atoms with Gasteiger partial charge in [-0.1, -0.05) is 6.07 Å². The highest BCUT2D eigenvalue weighted by Gasteiger charge is 2.07. The van der Waals surface area contributed by atoms with Crippen molar-refractivity contribution in [1.82, 2.24) is 15.3 Å². The summed E-state index contributed by atoms with van der Waals surface area (Å²) < 4.78 is 5.54. The van der Waals surface area contributed by atoms with E-state index < -0.39 is 0 Å². The number of pyridine rings is 1. The Bertz CT molecular complexity index is 878. The highest BCUT2D eigenvalue weighted by Crippen LogP contribution is 2.22. The molecular weight excluding hydrogens is 346 g/mol. The first-order chi connectivity index (χ1) is 12.6. The number of benzene rings is 1. The minimum absolute atomic E-state index is 0.0144. The predicted octanol–water partition coefficient (Wildman–Crippen LogP) is 3.56. The molecule has 0 fully saturated rings. The predicted molar refractivity (Wildman–Crippen MR) is 103 cm³/mol. The van der Waals surface area contributed by atoms with Crippen LogP contribution in [-0.4, -0.2) is 29.0 Å². The van der Waals surface area contributed by atoms with E-state index in [0.29, 0.717) is 18.7 Å². The van der Waals surface area contributed by atoms with E-state index in [2.05, 4.69) is 15.3 Å². The fourth-order valence-electron chi connectivity index (χ4n) is 2.38. The van der Waals surface area contributed by atoms with Gasteiger partial charge in [-0.05, 0) is 49.2 Å². The molecule has 0 saturated heterocycles. The van der Waals surface area contributed by atoms with Crippen molar-refractivity contribution in [1.29, 1.82) is 0 Å². The van der Waals surface area contributed by atoms with Crippen molar-refractivity contribution in [3.63, 3.8) is 0 Å². The molecule has 6 heteroatoms. The Balaban J connectivity index is 1.42. The molecule has 0 aliphatic rings. The molecule has 3 aromatic rings. The first-order valence-corrected chi connectivity index (χ1v) is 9.31. The van der Waals surface area contributed by atoms with Crippen LogP contribution in [0.5, 0.6) is 5.75 Å². The van der Waals surface area contributed by atoms with Gasteiger partial charge in [0.1, 0.15) is 10.8 Å². The molecule has 0 aliphatic carbocycles. The van der Waals surface area contributed by atoms with Crippen molar-refractivity contribution < 1.29 is 9.53 Å². The van der Waals surface area contributed by atoms with E-state index in [1.807, 2.05) is 49.6 Å². The Morgan fingerprint density at radius 1 is 1.23 bits per heavy atom. The van der Waals surface area contributed by atoms with Gasteiger partial charge >= 0.3 is 0 Å². The number of hydrogen-bond acceptors (Lipinski definition) is 5. The summed E-state index contributed by atoms with van der Waals surface area (Å²) in [7, 11) is 0. The normalized spacial score (nSPS) is 10.5. The molecule has 0 radical (unpaired) electrons. The molecule has 3 rings (SSSR count). The van der Waals surface area contributed by atoms with Crippen molar-refractivity contribution in [3.8, 4) is 16.3 Å². The SMILES string of the molecule is Cc1ccc(OCC(=O)NCCc2csc(-c3cccnc3)n2)cc1C. The number of hydrogen-bond donors (Lipinski definition) is 1. The Kier molecular flexibility index (Phi) is 5.96. The van der Waals surface area contributed by atoms with Crippen LogP contribution in [0, 0.1) is 13.8 Å². The third kappa shape index (κ3) is 4.89. The summed E-state index contributed by atoms with van der Waals surface area (Å²) >= 11 is 1.58. The zero-order chi connectivity index (χ0) is 18.4. The molecule has 0 unspecified atom stereocenters. The van der Waals surface area contributed by atoms with Gasteiger partial charge < -0.3 is 10.1 Å². The summed E-state index contributed by atoms with van der Waals surface area (Å²) in [6.07, 6.45) is 4.23. The number of carbonyl (C=O) groups is 1. The van der Waals surface area contributed by atoms with Crippen LogP contribution in [0.2, 0.25) is 0 Å². The van der Waals surface area contributed by atoms with Gasteiger partial charge in [-0.3, -0.25) is 9.78 Å². The maximum Gasteiger partial charge on any atom is 0.257 e. The fourth-order valence-corrected chi connectivity index (χ4v) is 3.22. The smallest absolute Gasteiger partial charge is 0.257 e. The lowest BCUT2D eigenvalue weighted by molar-refractivity contribution is -0.123. The Morgan fingerprint density at radius 3 is 2.88 bits per heavy atom. The van der Waals surface area contributed by atoms with Gasteiger partial charge in [0.25, 0.3) is 5.91 Å². The molecule has 0 saturated carbocycles. The third-order valence-corrected chi connectivity index (χ3v) is 4.95. The monoisotopic (exact) mass is 367 g/mol. The van der Waals surface area contributed by atoms with E-state index in [4.69, 9.17) is 4.74 Å². The van der Waals surface area contributed by atoms with Gasteiger partial charge in [-0.25, -0.2) is 4.98 Å². The lowest BCUT2D eigenvalue weighted by Crippen LogP contribution is -2.30. The Labute approximate surface area is 157 Å². The summed E-state index contributed by atoms with van der Waals surface area (Å²) in [6, 6.07) is 9.70. The second kappa shape index (κ2) is 8.58. The van der Waals surface area contributed by atoms with Crippen LogP contribution >= 0.6 is 11.3 Å². The molecule has 1 aromatic carbocycles. The first kappa shape index (κ1) is 18.1. The molecule has 134 valence electrons. The van der Waals surface area contributed by atoms with Crippen LogP contribution in [0.25, 0.3) is 10.6 Å². The zero-order valence-corrected chi connectivity index (χ0v) is 15.7. The van der Waals surface area contributed by atoms with Gasteiger partial charge in [0.05, 0.1) is 5.69 Å². The van der Waals surface area contributed by atoms with Crippen LogP contribution in [0.4, 0.5) is 0 Å². The molecule has 2 heterocycles. The van der Waals surface area contributed by atoms with Gasteiger partial charge in [-0.15, -0.1) is 11.3 Å². The second-order valence-electron chi connectivity index (χ2n) is 6.02. The van der Waals surface area contributed by atoms with E-state index in [1.54, 1.807) is 23.7 Å². The van der Waals surface area contributed by atoms with Gasteiger partial charge in [-0.2, -0.15) is 0 Å². The van der Waals surface area contributed by atoms with Crippen molar-refractivity contribution in [2.24, 2.45) is 0 Å². The number of ether oxygens (including phenoxy) is 1. The number of nitrogens with zero attached hydrogens (tertiary/aromatic N) is 2. The van der Waals surface area contributed by atoms with Gasteiger partial charge in [0, 0.05) is 36.3 Å². The first-order valence-electron chi connectivity index (χ1n) is 8.43. The number of amides is 1. The summed E-state index contributed by atoms with van der Waals surface area (Å²) in [5, 5.41) is 5.82. The van der Waals surface area contributed by atoms with Crippen LogP contribution in [0.15, 0.2) is 48.1 Å². The maximum absolute atomic E-state index is 11.9. The van der Waals surface area contributed by atoms with Crippen LogP contribution in [0.3, 0.4) is 0 Å². The van der Waals surface area contributed by atoms with Crippen molar-refractivity contribution in [2.75, 3.05) is 13.2 Å². The standard InChI is InChI=1S/C20H21N3O2S/c1-14-5-6-18(10-15(14)2)25-12-19(24)22-9-7-17-13-26-20(23-17)16-4-3-8-21-11-16/h3-6,8,10-11,13H,7,9,12H2,1-2H3,(H,22,24). The highest BCUT2D eigenvalue weighted by atomic mass is 32.1. The second-order valence-corrected chi connectivity index (χ2v) is 6.88. The van der Waals surface area contributed by atoms with Crippen LogP contribution in [0.1, 0.15) is 16.8 Å². The van der Waals surface area contributed by atoms with Crippen molar-refractivity contribution in [3.05, 3.63) is 64.9 Å². The van der Waals surface area contributed by atoms with Crippen molar-refractivity contribution >= 4 is 17.2 Å². The number of rotatable bonds is 7. The topological polar surface area (TPSA) is 64.1 Å². The highest BCUT2D eigenvalue weighted by molar-refractivity contribution is 7.13. The lowest BCUT2D eigenvalue weighted by Gasteiger charge is -2.08. The molecule has 0 spiro atoms. The molecule has 5 nitrogen and oxygen atoms in total. The minimum atomic E-state index is -0.133. The zero-order valence-electron chi connectivity index (χ0n) is 14.9. The molecule has 2 aromatic heterocycles. The van der Waals surface area contributed by atoms with E-state index in [-0.39, 0.29) is 12.5 Å². The summed E-state index contributed by atoms with van der Waals surface area (Å²) in [6.45, 7) is 4.62. The maximum atomic E-state index is 11.9. The summed E-state index contributed by atoms with van der Waals surface area (Å²) in [4.78, 5) is 20.6. The number of thiazole rings is 1. The summed E-state index contributed by atoms with van der Waals surface area (Å²) in [5.74, 6) is 0.579. The Morgan fingerprint density at radius 2 is 2.12 bits per heavy atom. The molecule has 1 N–H and O–H groups in total. The third-order valence-electron chi connectivity index (χ3n) is 4.01. The van der Waals surface area contributed by atoms with Crippen LogP contribution < -0.4 is 10.1 Å². The lowest BCUT2D eigenvalue weighted by atomic mass is 10.1. The van der Waals surface area contributed by atoms with Gasteiger partial charge in [0.2, 0.25) is 0 Å². The fraction of sp³-hybridized carbons (Fsp3) is 0.250. The number of aryl methyl sites for hydroxylation is 2. The van der Waals surface area contributed by atoms with E-state index in [0.717, 1.165) is 21.8 Å². The van der Waals surface area contributed by atoms with E-state index in [9.17, 15) is 4.79 Å². The largest absolute Gasteiger partial charge is 0.484 e. The molecule has 0 bridgehead atoms. The molecule has 1 amide bonds. The summed E-state index contributed by atoms with van der Waals surface area (Å²) in [5.41, 5.74) is 4.32. The molecule has 26 heavy (non-hydrogen) atoms.